The van der Waals surface area contributed by atoms with Crippen LogP contribution in [0.25, 0.3) is 11.7 Å². The maximum absolute atomic E-state index is 13.9. The van der Waals surface area contributed by atoms with Gasteiger partial charge in [0.1, 0.15) is 11.9 Å². The third-order valence-electron chi connectivity index (χ3n) is 5.71. The van der Waals surface area contributed by atoms with Gasteiger partial charge in [-0.2, -0.15) is 10.2 Å². The van der Waals surface area contributed by atoms with E-state index in [0.29, 0.717) is 54.7 Å². The van der Waals surface area contributed by atoms with E-state index in [4.69, 9.17) is 8.83 Å². The summed E-state index contributed by atoms with van der Waals surface area (Å²) in [6.45, 7) is 1.10. The van der Waals surface area contributed by atoms with E-state index in [9.17, 15) is 14.4 Å². The highest BCUT2D eigenvalue weighted by molar-refractivity contribution is 7.15. The van der Waals surface area contributed by atoms with Crippen LogP contribution in [0.5, 0.6) is 0 Å². The Labute approximate surface area is 198 Å². The van der Waals surface area contributed by atoms with Crippen LogP contribution in [0.1, 0.15) is 29.0 Å². The van der Waals surface area contributed by atoms with Crippen LogP contribution in [0.3, 0.4) is 0 Å². The standard InChI is InChI=1S/C24H20FN5O3S/c25-18-5-2-1-4-16(18)12-17-14-27-24(34-17)29-21(31)15-7-9-30(10-8-15)23-19(13-26)28-22(33-23)20-6-3-11-32-20/h1-6,11,14-15H,7-10,12H2,(H,27,29,31). The average Bonchev–Trinajstić information content (AvgIpc) is 3.61. The molecule has 0 aliphatic carbocycles. The van der Waals surface area contributed by atoms with Crippen molar-refractivity contribution >= 4 is 28.3 Å². The lowest BCUT2D eigenvalue weighted by atomic mass is 9.96. The van der Waals surface area contributed by atoms with Crippen LogP contribution in [0.4, 0.5) is 15.4 Å². The monoisotopic (exact) mass is 477 g/mol. The fourth-order valence-corrected chi connectivity index (χ4v) is 4.77. The molecule has 0 spiro atoms. The molecule has 1 N–H and O–H groups in total. The molecule has 34 heavy (non-hydrogen) atoms. The van der Waals surface area contributed by atoms with Crippen molar-refractivity contribution in [3.63, 3.8) is 0 Å². The number of furan rings is 1. The zero-order chi connectivity index (χ0) is 23.5. The van der Waals surface area contributed by atoms with Gasteiger partial charge in [-0.25, -0.2) is 9.37 Å². The molecule has 0 bridgehead atoms. The van der Waals surface area contributed by atoms with Gasteiger partial charge in [0.05, 0.1) is 6.26 Å². The summed E-state index contributed by atoms with van der Waals surface area (Å²) in [6, 6.07) is 12.1. The smallest absolute Gasteiger partial charge is 0.266 e. The number of hydrogen-bond acceptors (Lipinski definition) is 8. The van der Waals surface area contributed by atoms with Gasteiger partial charge < -0.3 is 19.1 Å². The number of nitrogens with one attached hydrogen (secondary N) is 1. The van der Waals surface area contributed by atoms with Crippen molar-refractivity contribution in [3.8, 4) is 17.7 Å². The minimum absolute atomic E-state index is 0.0965. The van der Waals surface area contributed by atoms with E-state index in [2.05, 4.69) is 21.4 Å². The second-order valence-electron chi connectivity index (χ2n) is 7.91. The molecular formula is C24H20FN5O3S. The van der Waals surface area contributed by atoms with Crippen molar-refractivity contribution in [1.82, 2.24) is 9.97 Å². The molecule has 3 aromatic heterocycles. The molecule has 1 aliphatic rings. The molecule has 0 unspecified atom stereocenters. The number of halogens is 1. The zero-order valence-corrected chi connectivity index (χ0v) is 18.8. The van der Waals surface area contributed by atoms with Gasteiger partial charge in [-0.3, -0.25) is 4.79 Å². The molecule has 10 heteroatoms. The third kappa shape index (κ3) is 4.56. The minimum Gasteiger partial charge on any atom is -0.459 e. The molecule has 0 atom stereocenters. The molecule has 8 nitrogen and oxygen atoms in total. The van der Waals surface area contributed by atoms with Crippen LogP contribution in [0, 0.1) is 23.1 Å². The number of hydrogen-bond donors (Lipinski definition) is 1. The highest BCUT2D eigenvalue weighted by Crippen LogP contribution is 2.32. The summed E-state index contributed by atoms with van der Waals surface area (Å²) >= 11 is 1.34. The molecule has 1 saturated heterocycles. The maximum atomic E-state index is 13.9. The summed E-state index contributed by atoms with van der Waals surface area (Å²) in [6.07, 6.45) is 4.80. The van der Waals surface area contributed by atoms with Gasteiger partial charge in [0.25, 0.3) is 5.89 Å². The fourth-order valence-electron chi connectivity index (χ4n) is 3.93. The predicted octanol–water partition coefficient (Wildman–Crippen LogP) is 4.85. The summed E-state index contributed by atoms with van der Waals surface area (Å²) in [5.41, 5.74) is 0.787. The Balaban J connectivity index is 1.18. The number of benzene rings is 1. The lowest BCUT2D eigenvalue weighted by Gasteiger charge is -2.30. The summed E-state index contributed by atoms with van der Waals surface area (Å²) in [4.78, 5) is 24.1. The normalized spacial score (nSPS) is 14.2. The Morgan fingerprint density at radius 1 is 1.26 bits per heavy atom. The van der Waals surface area contributed by atoms with Gasteiger partial charge in [-0.1, -0.05) is 18.2 Å². The Morgan fingerprint density at radius 3 is 2.82 bits per heavy atom. The van der Waals surface area contributed by atoms with Gasteiger partial charge >= 0.3 is 0 Å². The van der Waals surface area contributed by atoms with E-state index in [1.807, 2.05) is 4.90 Å². The lowest BCUT2D eigenvalue weighted by Crippen LogP contribution is -2.38. The number of rotatable bonds is 6. The third-order valence-corrected chi connectivity index (χ3v) is 6.62. The number of piperidine rings is 1. The topological polar surface area (TPSA) is 108 Å². The molecule has 1 aromatic carbocycles. The minimum atomic E-state index is -0.254. The second-order valence-corrected chi connectivity index (χ2v) is 9.03. The molecule has 1 amide bonds. The number of nitriles is 1. The quantitative estimate of drug-likeness (QED) is 0.423. The number of anilines is 2. The number of aromatic nitrogens is 2. The number of nitrogens with zero attached hydrogens (tertiary/aromatic N) is 4. The summed E-state index contributed by atoms with van der Waals surface area (Å²) in [5, 5.41) is 12.8. The largest absolute Gasteiger partial charge is 0.459 e. The number of oxazole rings is 1. The summed E-state index contributed by atoms with van der Waals surface area (Å²) in [5.74, 6) is 0.566. The van der Waals surface area contributed by atoms with Gasteiger partial charge in [-0.15, -0.1) is 11.3 Å². The average molecular weight is 478 g/mol. The summed E-state index contributed by atoms with van der Waals surface area (Å²) < 4.78 is 25.0. The van der Waals surface area contributed by atoms with Crippen LogP contribution >= 0.6 is 11.3 Å². The molecule has 0 radical (unpaired) electrons. The number of carbonyl (C=O) groups is 1. The first-order chi connectivity index (χ1) is 16.6. The molecule has 1 fully saturated rings. The first kappa shape index (κ1) is 21.9. The van der Waals surface area contributed by atoms with Crippen LogP contribution < -0.4 is 10.2 Å². The van der Waals surface area contributed by atoms with Crippen LogP contribution in [0.2, 0.25) is 0 Å². The van der Waals surface area contributed by atoms with Crippen molar-refractivity contribution in [2.24, 2.45) is 5.92 Å². The highest BCUT2D eigenvalue weighted by Gasteiger charge is 2.29. The van der Waals surface area contributed by atoms with Gasteiger partial charge in [-0.05, 0) is 36.6 Å². The Kier molecular flexibility index (Phi) is 6.10. The second kappa shape index (κ2) is 9.49. The molecule has 4 aromatic rings. The van der Waals surface area contributed by atoms with Crippen molar-refractivity contribution < 1.29 is 18.0 Å². The highest BCUT2D eigenvalue weighted by atomic mass is 32.1. The SMILES string of the molecule is N#Cc1nc(-c2ccco2)oc1N1CCC(C(=O)Nc2ncc(Cc3ccccc3F)s2)CC1. The Bertz CT molecular complexity index is 1330. The molecular weight excluding hydrogens is 457 g/mol. The summed E-state index contributed by atoms with van der Waals surface area (Å²) in [7, 11) is 0. The number of amides is 1. The first-order valence-electron chi connectivity index (χ1n) is 10.8. The number of thiazole rings is 1. The van der Waals surface area contributed by atoms with Crippen molar-refractivity contribution in [2.75, 3.05) is 23.3 Å². The lowest BCUT2D eigenvalue weighted by molar-refractivity contribution is -0.120. The van der Waals surface area contributed by atoms with Gasteiger partial charge in [0.2, 0.25) is 17.5 Å². The molecule has 5 rings (SSSR count). The molecule has 172 valence electrons. The molecule has 4 heterocycles. The van der Waals surface area contributed by atoms with Crippen molar-refractivity contribution in [1.29, 1.82) is 5.26 Å². The van der Waals surface area contributed by atoms with Crippen molar-refractivity contribution in [3.05, 3.63) is 70.8 Å². The van der Waals surface area contributed by atoms with E-state index < -0.39 is 0 Å². The van der Waals surface area contributed by atoms with E-state index in [1.54, 1.807) is 36.5 Å². The molecule has 0 saturated carbocycles. The molecule has 1 aliphatic heterocycles. The fraction of sp³-hybridized carbons (Fsp3) is 0.250. The first-order valence-corrected chi connectivity index (χ1v) is 11.6. The number of carbonyl (C=O) groups excluding carboxylic acids is 1. The van der Waals surface area contributed by atoms with E-state index in [0.717, 1.165) is 4.88 Å². The van der Waals surface area contributed by atoms with Crippen molar-refractivity contribution in [2.45, 2.75) is 19.3 Å². The van der Waals surface area contributed by atoms with Gasteiger partial charge in [0, 0.05) is 36.5 Å². The predicted molar refractivity (Wildman–Crippen MR) is 124 cm³/mol. The Hall–Kier alpha value is -3.97. The van der Waals surface area contributed by atoms with Gasteiger partial charge in [0.15, 0.2) is 10.9 Å². The Morgan fingerprint density at radius 2 is 2.09 bits per heavy atom. The van der Waals surface area contributed by atoms with Crippen LogP contribution in [0.15, 0.2) is 57.7 Å². The van der Waals surface area contributed by atoms with E-state index >= 15 is 0 Å². The van der Waals surface area contributed by atoms with E-state index in [1.165, 1.54) is 23.7 Å². The van der Waals surface area contributed by atoms with Crippen LogP contribution in [-0.2, 0) is 11.2 Å². The van der Waals surface area contributed by atoms with Crippen LogP contribution in [-0.4, -0.2) is 29.0 Å². The maximum Gasteiger partial charge on any atom is 0.266 e. The zero-order valence-electron chi connectivity index (χ0n) is 18.0. The van der Waals surface area contributed by atoms with E-state index in [-0.39, 0.29) is 29.2 Å².